The fourth-order valence-corrected chi connectivity index (χ4v) is 9.48. The molecule has 20 heteroatoms. The van der Waals surface area contributed by atoms with Gasteiger partial charge in [-0.3, -0.25) is 28.0 Å². The minimum atomic E-state index is -4.40. The highest BCUT2D eigenvalue weighted by molar-refractivity contribution is 7.66. The number of aliphatic hydroxyl groups is 4. The van der Waals surface area contributed by atoms with E-state index in [0.29, 0.717) is 0 Å². The van der Waals surface area contributed by atoms with Crippen molar-refractivity contribution in [1.29, 1.82) is 0 Å². The minimum Gasteiger partial charge on any atom is -0.394 e. The summed E-state index contributed by atoms with van der Waals surface area (Å²) in [6.07, 6.45) is -4.07. The van der Waals surface area contributed by atoms with Crippen molar-refractivity contribution < 1.29 is 76.2 Å². The van der Waals surface area contributed by atoms with Crippen LogP contribution in [0.25, 0.3) is 0 Å². The van der Waals surface area contributed by atoms with Gasteiger partial charge in [-0.05, 0) is 67.2 Å². The molecule has 2 rings (SSSR count). The van der Waals surface area contributed by atoms with Crippen molar-refractivity contribution in [1.82, 2.24) is 10.6 Å². The van der Waals surface area contributed by atoms with Crippen LogP contribution in [0.4, 0.5) is 0 Å². The second kappa shape index (κ2) is 23.6. The first-order chi connectivity index (χ1) is 26.5. The number of rotatable bonds is 22. The molecule has 2 aliphatic heterocycles. The Morgan fingerprint density at radius 2 is 1.28 bits per heavy atom. The first-order valence-corrected chi connectivity index (χ1v) is 22.9. The van der Waals surface area contributed by atoms with E-state index < -0.39 is 113 Å². The van der Waals surface area contributed by atoms with E-state index in [4.69, 9.17) is 32.3 Å². The van der Waals surface area contributed by atoms with E-state index in [9.17, 15) is 43.9 Å². The highest BCUT2D eigenvalue weighted by Crippen LogP contribution is 2.62. The number of ether oxygens (including phenoxy) is 4. The highest BCUT2D eigenvalue weighted by atomic mass is 31.3. The van der Waals surface area contributed by atoms with Gasteiger partial charge in [0.15, 0.2) is 18.4 Å². The number of aliphatic hydroxyl groups excluding tert-OH is 4. The number of Topliss-reactive ketones (excluding diaryl/α,β-unsaturated/α-hetero) is 1. The van der Waals surface area contributed by atoms with E-state index in [1.54, 1.807) is 6.08 Å². The molecule has 6 N–H and O–H groups in total. The molecule has 0 aromatic rings. The lowest BCUT2D eigenvalue weighted by Gasteiger charge is -2.49. The zero-order valence-electron chi connectivity index (χ0n) is 34.6. The molecule has 0 radical (unpaired) electrons. The number of ketones is 1. The van der Waals surface area contributed by atoms with Crippen molar-refractivity contribution in [2.45, 2.75) is 148 Å². The molecule has 0 spiro atoms. The third kappa shape index (κ3) is 17.2. The van der Waals surface area contributed by atoms with E-state index in [1.165, 1.54) is 25.0 Å². The average Bonchev–Trinajstić information content (AvgIpc) is 3.08. The van der Waals surface area contributed by atoms with Crippen molar-refractivity contribution >= 4 is 32.8 Å². The molecule has 2 fully saturated rings. The van der Waals surface area contributed by atoms with Crippen molar-refractivity contribution in [3.05, 3.63) is 34.9 Å². The maximum absolute atomic E-state index is 13.8. The second-order valence-electron chi connectivity index (χ2n) is 14.8. The van der Waals surface area contributed by atoms with Gasteiger partial charge in [0.05, 0.1) is 19.8 Å². The molecule has 0 aromatic carbocycles. The summed E-state index contributed by atoms with van der Waals surface area (Å²) in [7, 11) is -8.45. The summed E-state index contributed by atoms with van der Waals surface area (Å²) < 4.78 is 67.7. The Labute approximate surface area is 335 Å². The number of hydrogen-bond donors (Lipinski definition) is 6. The molecule has 0 aliphatic carbocycles. The van der Waals surface area contributed by atoms with Crippen LogP contribution in [0.3, 0.4) is 0 Å². The first-order valence-electron chi connectivity index (χ1n) is 18.9. The predicted molar refractivity (Wildman–Crippen MR) is 209 cm³/mol. The van der Waals surface area contributed by atoms with Crippen molar-refractivity contribution in [3.63, 3.8) is 0 Å². The maximum atomic E-state index is 13.8. The Bertz CT molecular complexity index is 1530. The van der Waals surface area contributed by atoms with Crippen molar-refractivity contribution in [2.24, 2.45) is 0 Å². The van der Waals surface area contributed by atoms with Crippen LogP contribution >= 0.6 is 15.2 Å². The largest absolute Gasteiger partial charge is 0.394 e. The Hall–Kier alpha value is -2.15. The number of hydrogen-bond acceptors (Lipinski definition) is 16. The number of allylic oxidation sites excluding steroid dienone is 5. The smallest absolute Gasteiger partial charge is 0.337 e. The van der Waals surface area contributed by atoms with Crippen molar-refractivity contribution in [2.75, 3.05) is 33.2 Å². The Kier molecular flexibility index (Phi) is 21.1. The van der Waals surface area contributed by atoms with E-state index in [2.05, 4.69) is 43.6 Å². The summed E-state index contributed by atoms with van der Waals surface area (Å²) in [6, 6.07) is -2.89. The third-order valence-electron chi connectivity index (χ3n) is 9.13. The van der Waals surface area contributed by atoms with Crippen LogP contribution in [0.2, 0.25) is 0 Å². The Morgan fingerprint density at radius 3 is 1.82 bits per heavy atom. The summed E-state index contributed by atoms with van der Waals surface area (Å²) in [5.74, 6) is -1.76. The van der Waals surface area contributed by atoms with Crippen LogP contribution in [0.1, 0.15) is 81.1 Å². The van der Waals surface area contributed by atoms with Crippen LogP contribution in [0.15, 0.2) is 34.9 Å². The molecule has 0 bridgehead atoms. The van der Waals surface area contributed by atoms with Gasteiger partial charge in [0.1, 0.15) is 54.8 Å². The summed E-state index contributed by atoms with van der Waals surface area (Å²) in [6.45, 7) is 13.5. The van der Waals surface area contributed by atoms with Gasteiger partial charge in [-0.2, -0.15) is 0 Å². The molecule has 2 amide bonds. The summed E-state index contributed by atoms with van der Waals surface area (Å²) in [4.78, 5) is 37.0. The number of amides is 2. The molecule has 328 valence electrons. The normalized spacial score (nSPS) is 31.1. The molecular weight excluding hydrogens is 790 g/mol. The zero-order chi connectivity index (χ0) is 43.2. The van der Waals surface area contributed by atoms with E-state index in [-0.39, 0.29) is 6.61 Å². The summed E-state index contributed by atoms with van der Waals surface area (Å²) in [5, 5.41) is 46.7. The van der Waals surface area contributed by atoms with E-state index in [1.807, 2.05) is 6.92 Å². The molecule has 13 atom stereocenters. The van der Waals surface area contributed by atoms with Crippen molar-refractivity contribution in [3.8, 4) is 0 Å². The van der Waals surface area contributed by atoms with Gasteiger partial charge < -0.3 is 54.5 Å². The Morgan fingerprint density at radius 1 is 0.737 bits per heavy atom. The molecule has 57 heavy (non-hydrogen) atoms. The van der Waals surface area contributed by atoms with Gasteiger partial charge in [0, 0.05) is 27.2 Å². The fraction of sp³-hybridized carbons (Fsp3) is 0.757. The number of nitrogens with one attached hydrogen (secondary N) is 2. The van der Waals surface area contributed by atoms with Gasteiger partial charge in [-0.15, -0.1) is 0 Å². The lowest BCUT2D eigenvalue weighted by Crippen LogP contribution is -2.70. The van der Waals surface area contributed by atoms with Crippen LogP contribution in [-0.4, -0.2) is 139 Å². The molecular formula is C37H64N2O16P2. The van der Waals surface area contributed by atoms with Gasteiger partial charge >= 0.3 is 15.2 Å². The molecule has 0 aromatic heterocycles. The number of carbonyl (C=O) groups is 3. The average molecular weight is 855 g/mol. The molecule has 13 unspecified atom stereocenters. The van der Waals surface area contributed by atoms with E-state index in [0.717, 1.165) is 58.4 Å². The molecule has 2 aliphatic rings. The van der Waals surface area contributed by atoms with Crippen LogP contribution in [0.5, 0.6) is 0 Å². The fourth-order valence-electron chi connectivity index (χ4n) is 6.08. The standard InChI is InChI=1S/C37H64N2O16P2/c1-21(2)13-11-14-22(3)15-12-16-23(4)17-18-49-56(9,47)55-57(10,48)54-37-31(39-27(8)44)35(50-25(6)24(5)42)34(29(20-41)52-37)53-36-30(38-26(7)43)33(46)32(45)28(19-40)51-36/h13,15,17,25,28-37,40-41,45-46H,11-12,14,16,18-20H2,1-10H3,(H,38,43)(H,39,44)/b22-15+,23-17-. The Balaban J connectivity index is 2.32. The molecule has 2 heterocycles. The van der Waals surface area contributed by atoms with Gasteiger partial charge in [0.2, 0.25) is 11.8 Å². The van der Waals surface area contributed by atoms with Gasteiger partial charge in [0.25, 0.3) is 0 Å². The quantitative estimate of drug-likeness (QED) is 0.0676. The molecule has 0 saturated carbocycles. The van der Waals surface area contributed by atoms with Crippen LogP contribution in [-0.2, 0) is 55.8 Å². The van der Waals surface area contributed by atoms with E-state index >= 15 is 0 Å². The summed E-state index contributed by atoms with van der Waals surface area (Å²) >= 11 is 0. The third-order valence-corrected chi connectivity index (χ3v) is 12.7. The zero-order valence-corrected chi connectivity index (χ0v) is 36.4. The van der Waals surface area contributed by atoms with Crippen LogP contribution in [0, 0.1) is 0 Å². The topological polar surface area (TPSA) is 255 Å². The highest BCUT2D eigenvalue weighted by Gasteiger charge is 2.54. The molecule has 18 nitrogen and oxygen atoms in total. The monoisotopic (exact) mass is 854 g/mol. The van der Waals surface area contributed by atoms with Crippen LogP contribution < -0.4 is 10.6 Å². The SMILES string of the molecule is CC(=O)NC1C(OC2C(CO)OC(OP(C)(=O)OP(C)(=O)OC/C=C(/C)CC/C=C(\C)CCC=C(C)C)C(NC(C)=O)C2OC(C)C(C)=O)OC(CO)C(O)C1O. The molecule has 2 saturated heterocycles. The van der Waals surface area contributed by atoms with Gasteiger partial charge in [-0.1, -0.05) is 34.9 Å². The second-order valence-corrected chi connectivity index (χ2v) is 19.0. The number of carbonyl (C=O) groups excluding carboxylic acids is 3. The first kappa shape index (κ1) is 51.0. The predicted octanol–water partition coefficient (Wildman–Crippen LogP) is 3.01. The lowest BCUT2D eigenvalue weighted by atomic mass is 9.94. The minimum absolute atomic E-state index is 0.118. The summed E-state index contributed by atoms with van der Waals surface area (Å²) in [5.41, 5.74) is 3.55. The maximum Gasteiger partial charge on any atom is 0.337 e. The van der Waals surface area contributed by atoms with Gasteiger partial charge in [-0.25, -0.2) is 4.31 Å². The lowest BCUT2D eigenvalue weighted by molar-refractivity contribution is -0.330.